The molecule has 134 valence electrons. The van der Waals surface area contributed by atoms with Crippen molar-refractivity contribution in [2.45, 2.75) is 13.8 Å². The summed E-state index contributed by atoms with van der Waals surface area (Å²) in [6.45, 7) is 3.54. The Bertz CT molecular complexity index is 1100. The SMILES string of the molecule is CC(=O)Nc1ccc(Oc2ncnc3scc(-c4ccc(C)cc4)c23)cc1. The fourth-order valence-corrected chi connectivity index (χ4v) is 3.70. The van der Waals surface area contributed by atoms with E-state index in [1.165, 1.54) is 18.8 Å². The van der Waals surface area contributed by atoms with Crippen LogP contribution in [0.25, 0.3) is 21.3 Å². The molecular formula is C21H17N3O2S. The molecule has 2 aromatic heterocycles. The first-order chi connectivity index (χ1) is 13.1. The zero-order valence-electron chi connectivity index (χ0n) is 14.9. The maximum atomic E-state index is 11.1. The van der Waals surface area contributed by atoms with E-state index in [1.54, 1.807) is 35.6 Å². The Kier molecular flexibility index (Phi) is 4.56. The van der Waals surface area contributed by atoms with Gasteiger partial charge < -0.3 is 10.1 Å². The fourth-order valence-electron chi connectivity index (χ4n) is 2.79. The summed E-state index contributed by atoms with van der Waals surface area (Å²) in [5, 5.41) is 5.72. The van der Waals surface area contributed by atoms with Gasteiger partial charge in [-0.25, -0.2) is 9.97 Å². The minimum Gasteiger partial charge on any atom is -0.438 e. The molecule has 0 atom stereocenters. The van der Waals surface area contributed by atoms with Crippen LogP contribution in [0.3, 0.4) is 0 Å². The fraction of sp³-hybridized carbons (Fsp3) is 0.0952. The quantitative estimate of drug-likeness (QED) is 0.517. The molecule has 1 amide bonds. The van der Waals surface area contributed by atoms with Gasteiger partial charge in [0.15, 0.2) is 0 Å². The van der Waals surface area contributed by atoms with Crippen LogP contribution in [0.4, 0.5) is 5.69 Å². The lowest BCUT2D eigenvalue weighted by molar-refractivity contribution is -0.114. The van der Waals surface area contributed by atoms with Crippen molar-refractivity contribution in [1.29, 1.82) is 0 Å². The molecule has 0 saturated carbocycles. The summed E-state index contributed by atoms with van der Waals surface area (Å²) in [5.41, 5.74) is 4.09. The van der Waals surface area contributed by atoms with Crippen LogP contribution in [0.1, 0.15) is 12.5 Å². The lowest BCUT2D eigenvalue weighted by Crippen LogP contribution is -2.05. The molecule has 27 heavy (non-hydrogen) atoms. The van der Waals surface area contributed by atoms with E-state index in [4.69, 9.17) is 4.74 Å². The number of carbonyl (C=O) groups excluding carboxylic acids is 1. The maximum absolute atomic E-state index is 11.1. The summed E-state index contributed by atoms with van der Waals surface area (Å²) in [6.07, 6.45) is 1.51. The number of nitrogens with zero attached hydrogens (tertiary/aromatic N) is 2. The van der Waals surface area contributed by atoms with Gasteiger partial charge in [-0.1, -0.05) is 29.8 Å². The molecule has 0 aliphatic rings. The Morgan fingerprint density at radius 3 is 2.48 bits per heavy atom. The summed E-state index contributed by atoms with van der Waals surface area (Å²) in [6, 6.07) is 15.6. The number of carbonyl (C=O) groups is 1. The topological polar surface area (TPSA) is 64.1 Å². The molecule has 2 aromatic carbocycles. The summed E-state index contributed by atoms with van der Waals surface area (Å²) < 4.78 is 6.04. The van der Waals surface area contributed by atoms with Gasteiger partial charge in [-0.05, 0) is 36.8 Å². The zero-order chi connectivity index (χ0) is 18.8. The number of rotatable bonds is 4. The number of aromatic nitrogens is 2. The maximum Gasteiger partial charge on any atom is 0.231 e. The highest BCUT2D eigenvalue weighted by Gasteiger charge is 2.15. The van der Waals surface area contributed by atoms with E-state index in [0.717, 1.165) is 27.0 Å². The number of nitrogens with one attached hydrogen (secondary N) is 1. The van der Waals surface area contributed by atoms with Crippen LogP contribution < -0.4 is 10.1 Å². The Labute approximate surface area is 160 Å². The molecule has 4 rings (SSSR count). The van der Waals surface area contributed by atoms with Crippen LogP contribution in [0, 0.1) is 6.92 Å². The number of benzene rings is 2. The molecule has 0 radical (unpaired) electrons. The highest BCUT2D eigenvalue weighted by molar-refractivity contribution is 7.17. The first-order valence-corrected chi connectivity index (χ1v) is 9.33. The lowest BCUT2D eigenvalue weighted by Gasteiger charge is -2.09. The number of anilines is 1. The summed E-state index contributed by atoms with van der Waals surface area (Å²) in [4.78, 5) is 20.7. The largest absolute Gasteiger partial charge is 0.438 e. The minimum atomic E-state index is -0.109. The average Bonchev–Trinajstić information content (AvgIpc) is 3.09. The van der Waals surface area contributed by atoms with E-state index in [1.807, 2.05) is 0 Å². The smallest absolute Gasteiger partial charge is 0.231 e. The van der Waals surface area contributed by atoms with Gasteiger partial charge in [-0.2, -0.15) is 0 Å². The third-order valence-corrected chi connectivity index (χ3v) is 4.97. The van der Waals surface area contributed by atoms with Crippen LogP contribution in [-0.4, -0.2) is 15.9 Å². The van der Waals surface area contributed by atoms with Crippen LogP contribution >= 0.6 is 11.3 Å². The normalized spacial score (nSPS) is 10.7. The molecule has 0 unspecified atom stereocenters. The molecule has 5 nitrogen and oxygen atoms in total. The van der Waals surface area contributed by atoms with Gasteiger partial charge in [0.05, 0.1) is 5.39 Å². The van der Waals surface area contributed by atoms with Crippen LogP contribution in [0.2, 0.25) is 0 Å². The Morgan fingerprint density at radius 2 is 1.78 bits per heavy atom. The van der Waals surface area contributed by atoms with Crippen molar-refractivity contribution in [3.63, 3.8) is 0 Å². The number of hydrogen-bond donors (Lipinski definition) is 1. The summed E-state index contributed by atoms with van der Waals surface area (Å²) >= 11 is 1.57. The van der Waals surface area contributed by atoms with Crippen molar-refractivity contribution >= 4 is 33.1 Å². The summed E-state index contributed by atoms with van der Waals surface area (Å²) in [7, 11) is 0. The molecule has 2 heterocycles. The van der Waals surface area contributed by atoms with Crippen molar-refractivity contribution in [3.8, 4) is 22.8 Å². The van der Waals surface area contributed by atoms with E-state index in [-0.39, 0.29) is 5.91 Å². The van der Waals surface area contributed by atoms with Gasteiger partial charge in [-0.3, -0.25) is 4.79 Å². The minimum absolute atomic E-state index is 0.109. The number of amides is 1. The highest BCUT2D eigenvalue weighted by Crippen LogP contribution is 2.39. The number of ether oxygens (including phenoxy) is 1. The van der Waals surface area contributed by atoms with Crippen LogP contribution in [0.5, 0.6) is 11.6 Å². The van der Waals surface area contributed by atoms with Crippen molar-refractivity contribution in [2.24, 2.45) is 0 Å². The van der Waals surface area contributed by atoms with Crippen molar-refractivity contribution in [3.05, 3.63) is 65.8 Å². The van der Waals surface area contributed by atoms with Crippen molar-refractivity contribution in [2.75, 3.05) is 5.32 Å². The molecule has 0 fully saturated rings. The van der Waals surface area contributed by atoms with Crippen molar-refractivity contribution < 1.29 is 9.53 Å². The van der Waals surface area contributed by atoms with Gasteiger partial charge in [0.1, 0.15) is 16.9 Å². The molecule has 0 aliphatic carbocycles. The van der Waals surface area contributed by atoms with E-state index in [9.17, 15) is 4.79 Å². The highest BCUT2D eigenvalue weighted by atomic mass is 32.1. The predicted octanol–water partition coefficient (Wildman–Crippen LogP) is 5.42. The number of fused-ring (bicyclic) bond motifs is 1. The van der Waals surface area contributed by atoms with Crippen LogP contribution in [0.15, 0.2) is 60.2 Å². The molecular weight excluding hydrogens is 358 g/mol. The van der Waals surface area contributed by atoms with Gasteiger partial charge in [0, 0.05) is 23.6 Å². The van der Waals surface area contributed by atoms with E-state index in [2.05, 4.69) is 51.9 Å². The second-order valence-electron chi connectivity index (χ2n) is 6.18. The van der Waals surface area contributed by atoms with E-state index in [0.29, 0.717) is 11.6 Å². The zero-order valence-corrected chi connectivity index (χ0v) is 15.7. The Morgan fingerprint density at radius 1 is 1.04 bits per heavy atom. The third kappa shape index (κ3) is 3.66. The summed E-state index contributed by atoms with van der Waals surface area (Å²) in [5.74, 6) is 1.05. The third-order valence-electron chi connectivity index (χ3n) is 4.09. The van der Waals surface area contributed by atoms with Gasteiger partial charge in [0.25, 0.3) is 0 Å². The lowest BCUT2D eigenvalue weighted by atomic mass is 10.0. The second kappa shape index (κ2) is 7.17. The van der Waals surface area contributed by atoms with Gasteiger partial charge in [0.2, 0.25) is 11.8 Å². The van der Waals surface area contributed by atoms with E-state index >= 15 is 0 Å². The predicted molar refractivity (Wildman–Crippen MR) is 108 cm³/mol. The molecule has 4 aromatic rings. The Hall–Kier alpha value is -3.25. The standard InChI is InChI=1S/C21H17N3O2S/c1-13-3-5-15(6-4-13)18-11-27-21-19(18)20(22-12-23-21)26-17-9-7-16(8-10-17)24-14(2)25/h3-12H,1-2H3,(H,24,25). The molecule has 0 saturated heterocycles. The number of hydrogen-bond acceptors (Lipinski definition) is 5. The van der Waals surface area contributed by atoms with Crippen LogP contribution in [-0.2, 0) is 4.79 Å². The molecule has 0 bridgehead atoms. The molecule has 6 heteroatoms. The average molecular weight is 375 g/mol. The first-order valence-electron chi connectivity index (χ1n) is 8.45. The number of aryl methyl sites for hydroxylation is 1. The first kappa shape index (κ1) is 17.2. The molecule has 0 aliphatic heterocycles. The van der Waals surface area contributed by atoms with E-state index < -0.39 is 0 Å². The van der Waals surface area contributed by atoms with Gasteiger partial charge >= 0.3 is 0 Å². The second-order valence-corrected chi connectivity index (χ2v) is 7.04. The monoisotopic (exact) mass is 375 g/mol. The molecule has 0 spiro atoms. The number of thiophene rings is 1. The Balaban J connectivity index is 1.70. The van der Waals surface area contributed by atoms with Crippen molar-refractivity contribution in [1.82, 2.24) is 9.97 Å². The van der Waals surface area contributed by atoms with Gasteiger partial charge in [-0.15, -0.1) is 11.3 Å². The molecule has 1 N–H and O–H groups in total.